The summed E-state index contributed by atoms with van der Waals surface area (Å²) in [6.45, 7) is 3.87. The predicted molar refractivity (Wildman–Crippen MR) is 134 cm³/mol. The highest BCUT2D eigenvalue weighted by Gasteiger charge is 2.26. The van der Waals surface area contributed by atoms with Gasteiger partial charge in [-0.25, -0.2) is 9.97 Å². The fourth-order valence-electron chi connectivity index (χ4n) is 4.05. The van der Waals surface area contributed by atoms with Crippen LogP contribution in [0.4, 0.5) is 0 Å². The molecule has 2 aromatic heterocycles. The van der Waals surface area contributed by atoms with Crippen molar-refractivity contribution in [2.75, 3.05) is 32.4 Å². The average molecular weight is 476 g/mol. The van der Waals surface area contributed by atoms with Crippen LogP contribution in [0.3, 0.4) is 0 Å². The summed E-state index contributed by atoms with van der Waals surface area (Å²) in [4.78, 5) is 27.0. The van der Waals surface area contributed by atoms with Gasteiger partial charge in [-0.15, -0.1) is 11.3 Å². The van der Waals surface area contributed by atoms with Crippen LogP contribution in [0.5, 0.6) is 0 Å². The molecule has 1 aliphatic heterocycles. The molecule has 0 spiro atoms. The SMILES string of the molecule is CSc1ncc(C(=O)N2CCN(Cc3csc(-c4ccccc4)n3)CC2)n1-c1ccccc1. The molecule has 0 saturated carbocycles. The number of aromatic nitrogens is 3. The molecular formula is C25H25N5OS2. The molecule has 3 heterocycles. The number of imidazole rings is 1. The number of piperazine rings is 1. The maximum absolute atomic E-state index is 13.4. The zero-order valence-electron chi connectivity index (χ0n) is 18.4. The van der Waals surface area contributed by atoms with E-state index >= 15 is 0 Å². The highest BCUT2D eigenvalue weighted by Crippen LogP contribution is 2.25. The Morgan fingerprint density at radius 3 is 2.39 bits per heavy atom. The van der Waals surface area contributed by atoms with Crippen molar-refractivity contribution in [1.29, 1.82) is 0 Å². The predicted octanol–water partition coefficient (Wildman–Crippen LogP) is 4.68. The standard InChI is InChI=1S/C25H25N5OS2/c1-32-25-26-16-22(30(25)21-10-6-3-7-11-21)24(31)29-14-12-28(13-15-29)17-20-18-33-23(27-20)19-8-4-2-5-9-19/h2-11,16,18H,12-15,17H2,1H3. The first-order valence-electron chi connectivity index (χ1n) is 10.9. The second-order valence-corrected chi connectivity index (χ2v) is 9.51. The van der Waals surface area contributed by atoms with Crippen LogP contribution in [0.2, 0.25) is 0 Å². The minimum Gasteiger partial charge on any atom is -0.335 e. The molecule has 2 aromatic carbocycles. The van der Waals surface area contributed by atoms with Gasteiger partial charge in [-0.2, -0.15) is 0 Å². The molecule has 6 nitrogen and oxygen atoms in total. The first-order chi connectivity index (χ1) is 16.2. The molecule has 168 valence electrons. The van der Waals surface area contributed by atoms with Crippen molar-refractivity contribution in [1.82, 2.24) is 24.3 Å². The molecule has 0 N–H and O–H groups in total. The zero-order valence-corrected chi connectivity index (χ0v) is 20.1. The Morgan fingerprint density at radius 1 is 1.00 bits per heavy atom. The lowest BCUT2D eigenvalue weighted by Crippen LogP contribution is -2.48. The fraction of sp³-hybridized carbons (Fsp3) is 0.240. The summed E-state index contributed by atoms with van der Waals surface area (Å²) in [7, 11) is 0. The van der Waals surface area contributed by atoms with Gasteiger partial charge in [0, 0.05) is 49.4 Å². The Morgan fingerprint density at radius 2 is 1.70 bits per heavy atom. The Hall–Kier alpha value is -2.94. The number of nitrogens with zero attached hydrogens (tertiary/aromatic N) is 5. The van der Waals surface area contributed by atoms with Crippen LogP contribution >= 0.6 is 23.1 Å². The van der Waals surface area contributed by atoms with E-state index in [0.29, 0.717) is 18.8 Å². The van der Waals surface area contributed by atoms with E-state index in [4.69, 9.17) is 4.98 Å². The second kappa shape index (κ2) is 9.91. The van der Waals surface area contributed by atoms with Crippen molar-refractivity contribution in [3.05, 3.63) is 83.6 Å². The van der Waals surface area contributed by atoms with E-state index in [1.807, 2.05) is 64.3 Å². The summed E-state index contributed by atoms with van der Waals surface area (Å²) < 4.78 is 1.96. The Bertz CT molecular complexity index is 1210. The number of carbonyl (C=O) groups excluding carboxylic acids is 1. The van der Waals surface area contributed by atoms with Crippen molar-refractivity contribution in [3.8, 4) is 16.3 Å². The molecular weight excluding hydrogens is 450 g/mol. The number of rotatable bonds is 6. The first-order valence-corrected chi connectivity index (χ1v) is 13.0. The molecule has 8 heteroatoms. The highest BCUT2D eigenvalue weighted by molar-refractivity contribution is 7.98. The minimum absolute atomic E-state index is 0.0336. The van der Waals surface area contributed by atoms with Crippen LogP contribution in [0, 0.1) is 0 Å². The Balaban J connectivity index is 1.24. The van der Waals surface area contributed by atoms with E-state index in [-0.39, 0.29) is 5.91 Å². The van der Waals surface area contributed by atoms with Crippen molar-refractivity contribution in [2.45, 2.75) is 11.7 Å². The van der Waals surface area contributed by atoms with Gasteiger partial charge in [0.05, 0.1) is 11.9 Å². The van der Waals surface area contributed by atoms with E-state index in [1.165, 1.54) is 0 Å². The summed E-state index contributed by atoms with van der Waals surface area (Å²) in [6, 6.07) is 20.2. The number of carbonyl (C=O) groups is 1. The largest absolute Gasteiger partial charge is 0.335 e. The van der Waals surface area contributed by atoms with Crippen molar-refractivity contribution in [2.24, 2.45) is 0 Å². The van der Waals surface area contributed by atoms with Gasteiger partial charge in [0.15, 0.2) is 5.16 Å². The third-order valence-electron chi connectivity index (χ3n) is 5.76. The van der Waals surface area contributed by atoms with Crippen LogP contribution in [0.1, 0.15) is 16.2 Å². The molecule has 1 fully saturated rings. The number of amides is 1. The maximum atomic E-state index is 13.4. The van der Waals surface area contributed by atoms with Crippen molar-refractivity contribution >= 4 is 29.0 Å². The van der Waals surface area contributed by atoms with Gasteiger partial charge >= 0.3 is 0 Å². The van der Waals surface area contributed by atoms with Gasteiger partial charge in [-0.1, -0.05) is 60.3 Å². The number of thiazole rings is 1. The molecule has 1 saturated heterocycles. The van der Waals surface area contributed by atoms with Gasteiger partial charge < -0.3 is 4.90 Å². The minimum atomic E-state index is 0.0336. The summed E-state index contributed by atoms with van der Waals surface area (Å²) in [5.74, 6) is 0.0336. The lowest BCUT2D eigenvalue weighted by atomic mass is 10.2. The molecule has 1 aliphatic rings. The zero-order chi connectivity index (χ0) is 22.6. The van der Waals surface area contributed by atoms with Gasteiger partial charge in [0.25, 0.3) is 5.91 Å². The number of benzene rings is 2. The van der Waals surface area contributed by atoms with Crippen LogP contribution < -0.4 is 0 Å². The third-order valence-corrected chi connectivity index (χ3v) is 7.36. The summed E-state index contributed by atoms with van der Waals surface area (Å²) in [5, 5.41) is 4.02. The molecule has 0 bridgehead atoms. The molecule has 4 aromatic rings. The van der Waals surface area contributed by atoms with Gasteiger partial charge in [-0.3, -0.25) is 14.3 Å². The van der Waals surface area contributed by atoms with Crippen LogP contribution in [0.25, 0.3) is 16.3 Å². The first kappa shape index (κ1) is 21.9. The molecule has 1 amide bonds. The molecule has 0 radical (unpaired) electrons. The Labute approximate surface area is 201 Å². The lowest BCUT2D eigenvalue weighted by Gasteiger charge is -2.34. The fourth-order valence-corrected chi connectivity index (χ4v) is 5.41. The normalized spacial score (nSPS) is 14.5. The smallest absolute Gasteiger partial charge is 0.272 e. The topological polar surface area (TPSA) is 54.3 Å². The quantitative estimate of drug-likeness (QED) is 0.379. The summed E-state index contributed by atoms with van der Waals surface area (Å²) >= 11 is 3.23. The maximum Gasteiger partial charge on any atom is 0.272 e. The van der Waals surface area contributed by atoms with Gasteiger partial charge in [-0.05, 0) is 18.4 Å². The molecule has 0 aliphatic carbocycles. The number of hydrogen-bond donors (Lipinski definition) is 0. The van der Waals surface area contributed by atoms with E-state index in [0.717, 1.165) is 46.7 Å². The molecule has 0 unspecified atom stereocenters. The summed E-state index contributed by atoms with van der Waals surface area (Å²) in [6.07, 6.45) is 3.68. The Kier molecular flexibility index (Phi) is 6.57. The molecule has 5 rings (SSSR count). The second-order valence-electron chi connectivity index (χ2n) is 7.88. The van der Waals surface area contributed by atoms with Gasteiger partial charge in [0.2, 0.25) is 0 Å². The van der Waals surface area contributed by atoms with Crippen molar-refractivity contribution in [3.63, 3.8) is 0 Å². The van der Waals surface area contributed by atoms with E-state index in [2.05, 4.69) is 27.4 Å². The van der Waals surface area contributed by atoms with Crippen LogP contribution in [0.15, 0.2) is 77.4 Å². The molecule has 33 heavy (non-hydrogen) atoms. The number of para-hydroxylation sites is 1. The van der Waals surface area contributed by atoms with Crippen molar-refractivity contribution < 1.29 is 4.79 Å². The van der Waals surface area contributed by atoms with Gasteiger partial charge in [0.1, 0.15) is 10.7 Å². The summed E-state index contributed by atoms with van der Waals surface area (Å²) in [5.41, 5.74) is 3.82. The highest BCUT2D eigenvalue weighted by atomic mass is 32.2. The molecule has 0 atom stereocenters. The van der Waals surface area contributed by atoms with E-state index in [9.17, 15) is 4.79 Å². The third kappa shape index (κ3) is 4.73. The number of hydrogen-bond acceptors (Lipinski definition) is 6. The lowest BCUT2D eigenvalue weighted by molar-refractivity contribution is 0.0619. The van der Waals surface area contributed by atoms with E-state index < -0.39 is 0 Å². The average Bonchev–Trinajstić information content (AvgIpc) is 3.52. The van der Waals surface area contributed by atoms with E-state index in [1.54, 1.807) is 29.3 Å². The number of thioether (sulfide) groups is 1. The van der Waals surface area contributed by atoms with Crippen LogP contribution in [-0.2, 0) is 6.54 Å². The van der Waals surface area contributed by atoms with Crippen LogP contribution in [-0.4, -0.2) is 62.7 Å². The monoisotopic (exact) mass is 475 g/mol.